The number of aliphatic hydroxyl groups excluding tert-OH is 1. The Morgan fingerprint density at radius 1 is 1.38 bits per heavy atom. The van der Waals surface area contributed by atoms with Crippen LogP contribution >= 0.6 is 23.4 Å². The van der Waals surface area contributed by atoms with Crippen molar-refractivity contribution in [1.82, 2.24) is 10.2 Å². The van der Waals surface area contributed by atoms with Crippen LogP contribution in [0.4, 0.5) is 0 Å². The van der Waals surface area contributed by atoms with Gasteiger partial charge in [-0.1, -0.05) is 17.7 Å². The second-order valence-electron chi connectivity index (χ2n) is 5.92. The van der Waals surface area contributed by atoms with Crippen LogP contribution in [0, 0.1) is 6.92 Å². The van der Waals surface area contributed by atoms with Crippen LogP contribution in [0.1, 0.15) is 18.9 Å². The fraction of sp³-hybridized carbons (Fsp3) is 0.600. The highest BCUT2D eigenvalue weighted by atomic mass is 35.5. The number of hydrogen-bond donors (Lipinski definition) is 3. The van der Waals surface area contributed by atoms with E-state index < -0.39 is 6.23 Å². The number of hydrogen-bond acceptors (Lipinski definition) is 5. The Morgan fingerprint density at radius 3 is 2.71 bits per heavy atom. The van der Waals surface area contributed by atoms with Crippen molar-refractivity contribution >= 4 is 23.4 Å². The van der Waals surface area contributed by atoms with Crippen molar-refractivity contribution in [3.05, 3.63) is 22.7 Å². The molecule has 1 aromatic rings. The van der Waals surface area contributed by atoms with E-state index in [4.69, 9.17) is 11.6 Å². The molecule has 1 aromatic carbocycles. The van der Waals surface area contributed by atoms with Crippen LogP contribution in [0.3, 0.4) is 0 Å². The van der Waals surface area contributed by atoms with E-state index >= 15 is 0 Å². The van der Waals surface area contributed by atoms with Gasteiger partial charge in [0.2, 0.25) is 0 Å². The van der Waals surface area contributed by atoms with E-state index in [2.05, 4.69) is 17.1 Å². The van der Waals surface area contributed by atoms with Crippen LogP contribution in [0.25, 0.3) is 0 Å². The maximum absolute atomic E-state index is 10.3. The molecule has 2 fully saturated rings. The zero-order valence-electron chi connectivity index (χ0n) is 12.2. The van der Waals surface area contributed by atoms with Gasteiger partial charge in [-0.05, 0) is 25.5 Å². The highest BCUT2D eigenvalue weighted by Crippen LogP contribution is 2.44. The average Bonchev–Trinajstić information content (AvgIpc) is 2.65. The lowest BCUT2D eigenvalue weighted by atomic mass is 10.1. The van der Waals surface area contributed by atoms with Gasteiger partial charge in [0.15, 0.2) is 0 Å². The molecule has 2 aliphatic heterocycles. The standard InChI is InChI=1S/C15H21ClN2O2S/c1-8-3-4-11(19)15(14(8)16)21-12-5-13(20)18(9(12)2)10-6-17-7-10/h3-4,9-10,12-13,17,19-20H,5-7H2,1-2H3/t9-,12?,13?/m1/s1. The molecule has 2 heterocycles. The van der Waals surface area contributed by atoms with Gasteiger partial charge in [0.05, 0.1) is 9.92 Å². The fourth-order valence-corrected chi connectivity index (χ4v) is 4.76. The van der Waals surface area contributed by atoms with Crippen LogP contribution in [0.5, 0.6) is 5.75 Å². The van der Waals surface area contributed by atoms with Crippen molar-refractivity contribution in [3.63, 3.8) is 0 Å². The van der Waals surface area contributed by atoms with Gasteiger partial charge in [-0.2, -0.15) is 0 Å². The number of nitrogens with zero attached hydrogens (tertiary/aromatic N) is 1. The van der Waals surface area contributed by atoms with Gasteiger partial charge in [-0.3, -0.25) is 4.90 Å². The second kappa shape index (κ2) is 5.97. The molecule has 2 aliphatic rings. The molecule has 3 rings (SSSR count). The van der Waals surface area contributed by atoms with Crippen molar-refractivity contribution in [1.29, 1.82) is 0 Å². The summed E-state index contributed by atoms with van der Waals surface area (Å²) in [5, 5.41) is 24.5. The van der Waals surface area contributed by atoms with E-state index in [9.17, 15) is 10.2 Å². The van der Waals surface area contributed by atoms with E-state index in [0.717, 1.165) is 23.5 Å². The number of aryl methyl sites for hydroxylation is 1. The largest absolute Gasteiger partial charge is 0.507 e. The minimum atomic E-state index is -0.407. The minimum Gasteiger partial charge on any atom is -0.507 e. The number of phenols is 1. The minimum absolute atomic E-state index is 0.223. The normalized spacial score (nSPS) is 30.6. The zero-order chi connectivity index (χ0) is 15.1. The number of phenolic OH excluding ortho intramolecular Hbond substituents is 1. The first-order valence-electron chi connectivity index (χ1n) is 7.30. The summed E-state index contributed by atoms with van der Waals surface area (Å²) >= 11 is 7.91. The van der Waals surface area contributed by atoms with Crippen LogP contribution in [0.15, 0.2) is 17.0 Å². The Labute approximate surface area is 134 Å². The molecule has 21 heavy (non-hydrogen) atoms. The predicted molar refractivity (Wildman–Crippen MR) is 86.1 cm³/mol. The summed E-state index contributed by atoms with van der Waals surface area (Å²) in [7, 11) is 0. The third-order valence-electron chi connectivity index (χ3n) is 4.52. The monoisotopic (exact) mass is 328 g/mol. The molecule has 0 aromatic heterocycles. The van der Waals surface area contributed by atoms with E-state index in [1.807, 2.05) is 13.0 Å². The molecule has 116 valence electrons. The Kier molecular flexibility index (Phi) is 4.39. The van der Waals surface area contributed by atoms with E-state index in [1.54, 1.807) is 17.8 Å². The highest BCUT2D eigenvalue weighted by molar-refractivity contribution is 8.00. The lowest BCUT2D eigenvalue weighted by Crippen LogP contribution is -2.60. The second-order valence-corrected chi connectivity index (χ2v) is 7.54. The van der Waals surface area contributed by atoms with E-state index in [0.29, 0.717) is 17.5 Å². The molecular weight excluding hydrogens is 308 g/mol. The van der Waals surface area contributed by atoms with Crippen molar-refractivity contribution in [2.75, 3.05) is 13.1 Å². The maximum Gasteiger partial charge on any atom is 0.130 e. The molecule has 0 aliphatic carbocycles. The smallest absolute Gasteiger partial charge is 0.130 e. The summed E-state index contributed by atoms with van der Waals surface area (Å²) in [6.45, 7) is 5.96. The van der Waals surface area contributed by atoms with Crippen molar-refractivity contribution in [2.45, 2.75) is 48.7 Å². The molecular formula is C15H21ClN2O2S. The summed E-state index contributed by atoms with van der Waals surface area (Å²) in [6.07, 6.45) is 0.293. The number of benzene rings is 1. The number of likely N-dealkylation sites (tertiary alicyclic amines) is 1. The first-order chi connectivity index (χ1) is 9.99. The summed E-state index contributed by atoms with van der Waals surface area (Å²) in [4.78, 5) is 2.92. The number of thioether (sulfide) groups is 1. The van der Waals surface area contributed by atoms with Crippen LogP contribution in [-0.2, 0) is 0 Å². The number of nitrogens with one attached hydrogen (secondary N) is 1. The van der Waals surface area contributed by atoms with Gasteiger partial charge in [0.25, 0.3) is 0 Å². The molecule has 0 saturated carbocycles. The molecule has 0 radical (unpaired) electrons. The zero-order valence-corrected chi connectivity index (χ0v) is 13.8. The molecule has 2 unspecified atom stereocenters. The Hall–Kier alpha value is -0.460. The summed E-state index contributed by atoms with van der Waals surface area (Å²) in [5.74, 6) is 0.223. The summed E-state index contributed by atoms with van der Waals surface area (Å²) in [6, 6.07) is 4.18. The quantitative estimate of drug-likeness (QED) is 0.794. The number of aliphatic hydroxyl groups is 1. The Balaban J connectivity index is 1.78. The summed E-state index contributed by atoms with van der Waals surface area (Å²) in [5.41, 5.74) is 0.961. The fourth-order valence-electron chi connectivity index (χ4n) is 3.10. The van der Waals surface area contributed by atoms with E-state index in [-0.39, 0.29) is 17.0 Å². The lowest BCUT2D eigenvalue weighted by Gasteiger charge is -2.40. The number of rotatable bonds is 3. The number of halogens is 1. The molecule has 0 amide bonds. The van der Waals surface area contributed by atoms with Crippen LogP contribution < -0.4 is 5.32 Å². The van der Waals surface area contributed by atoms with Crippen molar-refractivity contribution in [3.8, 4) is 5.75 Å². The molecule has 3 atom stereocenters. The lowest BCUT2D eigenvalue weighted by molar-refractivity contribution is -0.0247. The third kappa shape index (κ3) is 2.78. The predicted octanol–water partition coefficient (Wildman–Crippen LogP) is 2.20. The van der Waals surface area contributed by atoms with Gasteiger partial charge in [-0.25, -0.2) is 0 Å². The Bertz CT molecular complexity index is 539. The first-order valence-corrected chi connectivity index (χ1v) is 8.55. The molecule has 0 bridgehead atoms. The molecule has 6 heteroatoms. The van der Waals surface area contributed by atoms with Crippen molar-refractivity contribution in [2.24, 2.45) is 0 Å². The van der Waals surface area contributed by atoms with Gasteiger partial charge in [-0.15, -0.1) is 11.8 Å². The van der Waals surface area contributed by atoms with Gasteiger partial charge >= 0.3 is 0 Å². The van der Waals surface area contributed by atoms with Gasteiger partial charge in [0, 0.05) is 36.8 Å². The molecule has 2 saturated heterocycles. The van der Waals surface area contributed by atoms with Gasteiger partial charge < -0.3 is 15.5 Å². The average molecular weight is 329 g/mol. The topological polar surface area (TPSA) is 55.7 Å². The third-order valence-corrected chi connectivity index (χ3v) is 6.65. The SMILES string of the molecule is Cc1ccc(O)c(SC2CC(O)N(C3CNC3)[C@@H]2C)c1Cl. The number of aromatic hydroxyl groups is 1. The van der Waals surface area contributed by atoms with Crippen LogP contribution in [0.2, 0.25) is 5.02 Å². The Morgan fingerprint density at radius 2 is 2.10 bits per heavy atom. The molecule has 4 nitrogen and oxygen atoms in total. The maximum atomic E-state index is 10.3. The first kappa shape index (κ1) is 15.4. The van der Waals surface area contributed by atoms with E-state index in [1.165, 1.54) is 0 Å². The highest BCUT2D eigenvalue weighted by Gasteiger charge is 2.43. The van der Waals surface area contributed by atoms with Crippen molar-refractivity contribution < 1.29 is 10.2 Å². The molecule has 0 spiro atoms. The molecule has 3 N–H and O–H groups in total. The van der Waals surface area contributed by atoms with Gasteiger partial charge in [0.1, 0.15) is 12.0 Å². The summed E-state index contributed by atoms with van der Waals surface area (Å²) < 4.78 is 0. The van der Waals surface area contributed by atoms with Crippen LogP contribution in [-0.4, -0.2) is 51.8 Å².